The fourth-order valence-corrected chi connectivity index (χ4v) is 2.93. The SMILES string of the molecule is C[C@@H](c1ccccc1)c1nnc(NC(=O)c2ccc(F)cc2)s1. The van der Waals surface area contributed by atoms with Crippen molar-refractivity contribution in [2.24, 2.45) is 0 Å². The molecular formula is C17H14FN3OS. The second-order valence-corrected chi connectivity index (χ2v) is 6.05. The van der Waals surface area contributed by atoms with E-state index in [0.29, 0.717) is 10.7 Å². The van der Waals surface area contributed by atoms with Crippen LogP contribution in [0.25, 0.3) is 0 Å². The molecule has 2 aromatic carbocycles. The largest absolute Gasteiger partial charge is 0.296 e. The van der Waals surface area contributed by atoms with Gasteiger partial charge in [-0.2, -0.15) is 0 Å². The molecule has 0 saturated carbocycles. The summed E-state index contributed by atoms with van der Waals surface area (Å²) in [7, 11) is 0. The highest BCUT2D eigenvalue weighted by Crippen LogP contribution is 2.28. The molecule has 0 fully saturated rings. The van der Waals surface area contributed by atoms with Crippen LogP contribution in [-0.2, 0) is 0 Å². The third-order valence-corrected chi connectivity index (χ3v) is 4.46. The van der Waals surface area contributed by atoms with Gasteiger partial charge in [0.2, 0.25) is 5.13 Å². The predicted molar refractivity (Wildman–Crippen MR) is 88.2 cm³/mol. The van der Waals surface area contributed by atoms with Crippen LogP contribution < -0.4 is 5.32 Å². The van der Waals surface area contributed by atoms with Crippen molar-refractivity contribution in [2.45, 2.75) is 12.8 Å². The molecule has 4 nitrogen and oxygen atoms in total. The third kappa shape index (κ3) is 3.60. The number of nitrogens with zero attached hydrogens (tertiary/aromatic N) is 2. The fraction of sp³-hybridized carbons (Fsp3) is 0.118. The van der Waals surface area contributed by atoms with Crippen LogP contribution in [0, 0.1) is 5.82 Å². The molecule has 1 amide bonds. The summed E-state index contributed by atoms with van der Waals surface area (Å²) in [4.78, 5) is 12.1. The van der Waals surface area contributed by atoms with Crippen LogP contribution in [0.15, 0.2) is 54.6 Å². The Morgan fingerprint density at radius 2 is 1.78 bits per heavy atom. The molecule has 0 aliphatic heterocycles. The van der Waals surface area contributed by atoms with E-state index in [0.717, 1.165) is 10.6 Å². The van der Waals surface area contributed by atoms with Crippen LogP contribution in [-0.4, -0.2) is 16.1 Å². The van der Waals surface area contributed by atoms with E-state index in [1.54, 1.807) is 0 Å². The minimum atomic E-state index is -0.378. The Morgan fingerprint density at radius 3 is 2.48 bits per heavy atom. The summed E-state index contributed by atoms with van der Waals surface area (Å²) in [6.45, 7) is 2.04. The Morgan fingerprint density at radius 1 is 1.09 bits per heavy atom. The lowest BCUT2D eigenvalue weighted by Gasteiger charge is -2.06. The zero-order chi connectivity index (χ0) is 16.2. The standard InChI is InChI=1S/C17H14FN3OS/c1-11(12-5-3-2-4-6-12)16-20-21-17(23-16)19-15(22)13-7-9-14(18)10-8-13/h2-11H,1H3,(H,19,21,22)/t11-/m0/s1. The number of aromatic nitrogens is 2. The van der Waals surface area contributed by atoms with Crippen LogP contribution in [0.1, 0.15) is 33.8 Å². The summed E-state index contributed by atoms with van der Waals surface area (Å²) >= 11 is 1.33. The Kier molecular flexibility index (Phi) is 4.43. The molecule has 3 rings (SSSR count). The van der Waals surface area contributed by atoms with Gasteiger partial charge in [-0.3, -0.25) is 10.1 Å². The molecule has 3 aromatic rings. The number of benzene rings is 2. The van der Waals surface area contributed by atoms with Gasteiger partial charge in [-0.25, -0.2) is 4.39 Å². The second kappa shape index (κ2) is 6.66. The summed E-state index contributed by atoms with van der Waals surface area (Å²) < 4.78 is 12.9. The zero-order valence-electron chi connectivity index (χ0n) is 12.4. The van der Waals surface area contributed by atoms with Gasteiger partial charge in [-0.15, -0.1) is 10.2 Å². The quantitative estimate of drug-likeness (QED) is 0.785. The number of halogens is 1. The van der Waals surface area contributed by atoms with E-state index in [4.69, 9.17) is 0 Å². The van der Waals surface area contributed by atoms with E-state index < -0.39 is 0 Å². The molecule has 116 valence electrons. The van der Waals surface area contributed by atoms with Crippen LogP contribution in [0.2, 0.25) is 0 Å². The minimum absolute atomic E-state index is 0.102. The highest BCUT2D eigenvalue weighted by atomic mass is 32.1. The molecule has 1 aromatic heterocycles. The second-order valence-electron chi connectivity index (χ2n) is 5.04. The molecule has 6 heteroatoms. The molecule has 1 N–H and O–H groups in total. The number of hydrogen-bond donors (Lipinski definition) is 1. The van der Waals surface area contributed by atoms with Gasteiger partial charge in [0.15, 0.2) is 0 Å². The van der Waals surface area contributed by atoms with Gasteiger partial charge in [-0.05, 0) is 29.8 Å². The van der Waals surface area contributed by atoms with Crippen molar-refractivity contribution < 1.29 is 9.18 Å². The summed E-state index contributed by atoms with van der Waals surface area (Å²) in [5.41, 5.74) is 1.51. The first-order chi connectivity index (χ1) is 11.1. The Hall–Kier alpha value is -2.60. The van der Waals surface area contributed by atoms with Crippen molar-refractivity contribution in [3.63, 3.8) is 0 Å². The van der Waals surface area contributed by atoms with E-state index in [1.807, 2.05) is 37.3 Å². The van der Waals surface area contributed by atoms with Gasteiger partial charge in [-0.1, -0.05) is 48.6 Å². The normalized spacial score (nSPS) is 11.9. The lowest BCUT2D eigenvalue weighted by molar-refractivity contribution is 0.102. The lowest BCUT2D eigenvalue weighted by Crippen LogP contribution is -2.11. The maximum atomic E-state index is 12.9. The number of nitrogens with one attached hydrogen (secondary N) is 1. The van der Waals surface area contributed by atoms with Gasteiger partial charge in [0.1, 0.15) is 10.8 Å². The predicted octanol–water partition coefficient (Wildman–Crippen LogP) is 4.08. The first-order valence-corrected chi connectivity index (χ1v) is 7.90. The maximum absolute atomic E-state index is 12.9. The van der Waals surface area contributed by atoms with E-state index in [1.165, 1.54) is 35.6 Å². The molecule has 1 heterocycles. The average Bonchev–Trinajstić information content (AvgIpc) is 3.04. The smallest absolute Gasteiger partial charge is 0.257 e. The van der Waals surface area contributed by atoms with Gasteiger partial charge in [0.25, 0.3) is 5.91 Å². The first-order valence-electron chi connectivity index (χ1n) is 7.09. The van der Waals surface area contributed by atoms with E-state index >= 15 is 0 Å². The molecule has 0 aliphatic rings. The Balaban J connectivity index is 1.72. The molecule has 0 radical (unpaired) electrons. The van der Waals surface area contributed by atoms with E-state index in [2.05, 4.69) is 15.5 Å². The number of carbonyl (C=O) groups excluding carboxylic acids is 1. The van der Waals surface area contributed by atoms with E-state index in [-0.39, 0.29) is 17.6 Å². The first kappa shape index (κ1) is 15.3. The Labute approximate surface area is 137 Å². The number of amides is 1. The highest BCUT2D eigenvalue weighted by Gasteiger charge is 2.15. The Bertz CT molecular complexity index is 802. The zero-order valence-corrected chi connectivity index (χ0v) is 13.2. The topological polar surface area (TPSA) is 54.9 Å². The van der Waals surface area contributed by atoms with Crippen LogP contribution in [0.3, 0.4) is 0 Å². The molecule has 0 unspecified atom stereocenters. The van der Waals surface area contributed by atoms with Gasteiger partial charge >= 0.3 is 0 Å². The number of hydrogen-bond acceptors (Lipinski definition) is 4. The third-order valence-electron chi connectivity index (χ3n) is 3.44. The molecule has 0 saturated heterocycles. The summed E-state index contributed by atoms with van der Waals surface area (Å²) in [6.07, 6.45) is 0. The van der Waals surface area contributed by atoms with Gasteiger partial charge in [0.05, 0.1) is 0 Å². The monoisotopic (exact) mass is 327 g/mol. The van der Waals surface area contributed by atoms with Crippen LogP contribution >= 0.6 is 11.3 Å². The van der Waals surface area contributed by atoms with Crippen molar-refractivity contribution in [2.75, 3.05) is 5.32 Å². The molecule has 0 bridgehead atoms. The molecular weight excluding hydrogens is 313 g/mol. The lowest BCUT2D eigenvalue weighted by atomic mass is 10.0. The number of carbonyl (C=O) groups is 1. The van der Waals surface area contributed by atoms with Crippen molar-refractivity contribution >= 4 is 22.4 Å². The van der Waals surface area contributed by atoms with Crippen molar-refractivity contribution in [3.8, 4) is 0 Å². The summed E-state index contributed by atoms with van der Waals surface area (Å²) in [6, 6.07) is 15.3. The van der Waals surface area contributed by atoms with Gasteiger partial charge in [0, 0.05) is 11.5 Å². The molecule has 0 spiro atoms. The number of anilines is 1. The summed E-state index contributed by atoms with van der Waals surface area (Å²) in [5.74, 6) is -0.610. The van der Waals surface area contributed by atoms with Gasteiger partial charge < -0.3 is 0 Å². The highest BCUT2D eigenvalue weighted by molar-refractivity contribution is 7.15. The maximum Gasteiger partial charge on any atom is 0.257 e. The minimum Gasteiger partial charge on any atom is -0.296 e. The fourth-order valence-electron chi connectivity index (χ4n) is 2.11. The molecule has 1 atom stereocenters. The van der Waals surface area contributed by atoms with E-state index in [9.17, 15) is 9.18 Å². The van der Waals surface area contributed by atoms with Crippen molar-refractivity contribution in [3.05, 3.63) is 76.5 Å². The number of rotatable bonds is 4. The van der Waals surface area contributed by atoms with Crippen LogP contribution in [0.4, 0.5) is 9.52 Å². The molecule has 0 aliphatic carbocycles. The molecule has 23 heavy (non-hydrogen) atoms. The average molecular weight is 327 g/mol. The van der Waals surface area contributed by atoms with Crippen molar-refractivity contribution in [1.29, 1.82) is 0 Å². The van der Waals surface area contributed by atoms with Crippen molar-refractivity contribution in [1.82, 2.24) is 10.2 Å². The van der Waals surface area contributed by atoms with Crippen LogP contribution in [0.5, 0.6) is 0 Å². The summed E-state index contributed by atoms with van der Waals surface area (Å²) in [5, 5.41) is 12.1.